The molecule has 3 rings (SSSR count). The van der Waals surface area contributed by atoms with Crippen molar-refractivity contribution in [2.24, 2.45) is 0 Å². The summed E-state index contributed by atoms with van der Waals surface area (Å²) in [5.74, 6) is 1.46. The van der Waals surface area contributed by atoms with Crippen LogP contribution in [0.25, 0.3) is 11.1 Å². The molecule has 0 aliphatic carbocycles. The fourth-order valence-electron chi connectivity index (χ4n) is 1.91. The third-order valence-electron chi connectivity index (χ3n) is 2.78. The molecule has 2 aromatic rings. The first kappa shape index (κ1) is 10.9. The Bertz CT molecular complexity index is 643. The third kappa shape index (κ3) is 1.67. The fraction of sp³-hybridized carbons (Fsp3) is 0.154. The Morgan fingerprint density at radius 3 is 2.78 bits per heavy atom. The summed E-state index contributed by atoms with van der Waals surface area (Å²) in [6.07, 6.45) is 0. The Balaban J connectivity index is 2.10. The Morgan fingerprint density at radius 2 is 2.00 bits per heavy atom. The Kier molecular flexibility index (Phi) is 2.58. The molecule has 1 aliphatic heterocycles. The lowest BCUT2D eigenvalue weighted by Crippen LogP contribution is -2.15. The molecule has 2 N–H and O–H groups in total. The summed E-state index contributed by atoms with van der Waals surface area (Å²) < 4.78 is 11.0. The fourth-order valence-corrected chi connectivity index (χ4v) is 2.68. The van der Waals surface area contributed by atoms with Gasteiger partial charge in [0.1, 0.15) is 24.3 Å². The lowest BCUT2D eigenvalue weighted by molar-refractivity contribution is 0.171. The average Bonchev–Trinajstić information content (AvgIpc) is 2.79. The van der Waals surface area contributed by atoms with Crippen molar-refractivity contribution in [3.8, 4) is 28.7 Å². The Labute approximate surface area is 108 Å². The smallest absolute Gasteiger partial charge is 0.161 e. The van der Waals surface area contributed by atoms with Crippen LogP contribution in [-0.4, -0.2) is 13.2 Å². The van der Waals surface area contributed by atoms with Gasteiger partial charge >= 0.3 is 0 Å². The number of nitrogens with zero attached hydrogens (tertiary/aromatic N) is 1. The zero-order chi connectivity index (χ0) is 12.5. The SMILES string of the molecule is N#Cc1c(-c2ccc3c(c2)OCCO3)csc1N. The predicted octanol–water partition coefficient (Wildman–Crippen LogP) is 2.64. The minimum atomic E-state index is 0.525. The third-order valence-corrected chi connectivity index (χ3v) is 3.60. The maximum Gasteiger partial charge on any atom is 0.161 e. The maximum atomic E-state index is 9.11. The van der Waals surface area contributed by atoms with E-state index in [1.54, 1.807) is 0 Å². The molecule has 90 valence electrons. The topological polar surface area (TPSA) is 68.3 Å². The number of fused-ring (bicyclic) bond motifs is 1. The van der Waals surface area contributed by atoms with Gasteiger partial charge in [0, 0.05) is 10.9 Å². The van der Waals surface area contributed by atoms with E-state index in [0.717, 1.165) is 16.9 Å². The van der Waals surface area contributed by atoms with Gasteiger partial charge in [-0.1, -0.05) is 6.07 Å². The number of nitrogens with two attached hydrogens (primary N) is 1. The summed E-state index contributed by atoms with van der Waals surface area (Å²) in [5.41, 5.74) is 8.06. The van der Waals surface area contributed by atoms with Crippen LogP contribution in [0.15, 0.2) is 23.6 Å². The van der Waals surface area contributed by atoms with Crippen LogP contribution < -0.4 is 15.2 Å². The molecule has 5 heteroatoms. The highest BCUT2D eigenvalue weighted by Gasteiger charge is 2.15. The average molecular weight is 258 g/mol. The number of thiophene rings is 1. The zero-order valence-electron chi connectivity index (χ0n) is 9.47. The number of nitrogen functional groups attached to an aromatic ring is 1. The lowest BCUT2D eigenvalue weighted by atomic mass is 10.0. The van der Waals surface area contributed by atoms with E-state index in [-0.39, 0.29) is 0 Å². The summed E-state index contributed by atoms with van der Waals surface area (Å²) in [4.78, 5) is 0. The minimum Gasteiger partial charge on any atom is -0.486 e. The van der Waals surface area contributed by atoms with E-state index in [1.165, 1.54) is 11.3 Å². The van der Waals surface area contributed by atoms with Crippen LogP contribution in [0.2, 0.25) is 0 Å². The van der Waals surface area contributed by atoms with Crippen LogP contribution in [0.1, 0.15) is 5.56 Å². The number of nitriles is 1. The van der Waals surface area contributed by atoms with Crippen molar-refractivity contribution < 1.29 is 9.47 Å². The molecular weight excluding hydrogens is 248 g/mol. The highest BCUT2D eigenvalue weighted by molar-refractivity contribution is 7.14. The molecule has 1 aliphatic rings. The van der Waals surface area contributed by atoms with Gasteiger partial charge in [-0.2, -0.15) is 5.26 Å². The van der Waals surface area contributed by atoms with Crippen molar-refractivity contribution in [3.63, 3.8) is 0 Å². The first-order valence-corrected chi connectivity index (χ1v) is 6.34. The van der Waals surface area contributed by atoms with Gasteiger partial charge in [0.25, 0.3) is 0 Å². The monoisotopic (exact) mass is 258 g/mol. The van der Waals surface area contributed by atoms with Crippen molar-refractivity contribution in [2.45, 2.75) is 0 Å². The molecule has 4 nitrogen and oxygen atoms in total. The van der Waals surface area contributed by atoms with Gasteiger partial charge in [-0.15, -0.1) is 11.3 Å². The molecule has 0 saturated carbocycles. The molecule has 0 saturated heterocycles. The summed E-state index contributed by atoms with van der Waals surface area (Å²) in [5, 5.41) is 11.5. The summed E-state index contributed by atoms with van der Waals surface area (Å²) in [6, 6.07) is 7.79. The van der Waals surface area contributed by atoms with Crippen LogP contribution in [0, 0.1) is 11.3 Å². The van der Waals surface area contributed by atoms with Crippen molar-refractivity contribution in [1.82, 2.24) is 0 Å². The lowest BCUT2D eigenvalue weighted by Gasteiger charge is -2.18. The van der Waals surface area contributed by atoms with Crippen LogP contribution in [0.4, 0.5) is 5.00 Å². The number of ether oxygens (including phenoxy) is 2. The van der Waals surface area contributed by atoms with Crippen LogP contribution in [0.5, 0.6) is 11.5 Å². The second-order valence-corrected chi connectivity index (χ2v) is 4.77. The first-order chi connectivity index (χ1) is 8.79. The number of hydrogen-bond donors (Lipinski definition) is 1. The normalized spacial score (nSPS) is 13.1. The Morgan fingerprint density at radius 1 is 1.22 bits per heavy atom. The van der Waals surface area contributed by atoms with Crippen LogP contribution in [0.3, 0.4) is 0 Å². The second kappa shape index (κ2) is 4.24. The standard InChI is InChI=1S/C13H10N2O2S/c14-6-9-10(7-18-13(9)15)8-1-2-11-12(5-8)17-4-3-16-11/h1-2,5,7H,3-4,15H2. The van der Waals surface area contributed by atoms with Crippen molar-refractivity contribution in [2.75, 3.05) is 18.9 Å². The number of anilines is 1. The predicted molar refractivity (Wildman–Crippen MR) is 69.9 cm³/mol. The van der Waals surface area contributed by atoms with Crippen molar-refractivity contribution >= 4 is 16.3 Å². The van der Waals surface area contributed by atoms with Gasteiger partial charge < -0.3 is 15.2 Å². The molecule has 0 spiro atoms. The molecule has 0 atom stereocenters. The molecule has 0 bridgehead atoms. The van der Waals surface area contributed by atoms with Crippen molar-refractivity contribution in [1.29, 1.82) is 5.26 Å². The quantitative estimate of drug-likeness (QED) is 0.853. The van der Waals surface area contributed by atoms with E-state index in [0.29, 0.717) is 29.5 Å². The molecule has 1 aromatic heterocycles. The van der Waals surface area contributed by atoms with E-state index in [1.807, 2.05) is 23.6 Å². The molecule has 0 unspecified atom stereocenters. The van der Waals surface area contributed by atoms with Gasteiger partial charge in [0.15, 0.2) is 11.5 Å². The van der Waals surface area contributed by atoms with E-state index in [4.69, 9.17) is 20.5 Å². The van der Waals surface area contributed by atoms with Gasteiger partial charge in [-0.3, -0.25) is 0 Å². The molecule has 0 amide bonds. The maximum absolute atomic E-state index is 9.11. The van der Waals surface area contributed by atoms with E-state index >= 15 is 0 Å². The van der Waals surface area contributed by atoms with Crippen molar-refractivity contribution in [3.05, 3.63) is 29.1 Å². The number of rotatable bonds is 1. The highest BCUT2D eigenvalue weighted by atomic mass is 32.1. The summed E-state index contributed by atoms with van der Waals surface area (Å²) >= 11 is 1.37. The van der Waals surface area contributed by atoms with Gasteiger partial charge in [-0.25, -0.2) is 0 Å². The second-order valence-electron chi connectivity index (χ2n) is 3.86. The molecular formula is C13H10N2O2S. The van der Waals surface area contributed by atoms with Gasteiger partial charge in [0.05, 0.1) is 5.56 Å². The van der Waals surface area contributed by atoms with Crippen LogP contribution >= 0.6 is 11.3 Å². The Hall–Kier alpha value is -2.19. The van der Waals surface area contributed by atoms with Gasteiger partial charge in [-0.05, 0) is 17.7 Å². The first-order valence-electron chi connectivity index (χ1n) is 5.46. The van der Waals surface area contributed by atoms with E-state index < -0.39 is 0 Å². The van der Waals surface area contributed by atoms with E-state index in [9.17, 15) is 0 Å². The molecule has 0 fully saturated rings. The minimum absolute atomic E-state index is 0.525. The largest absolute Gasteiger partial charge is 0.486 e. The highest BCUT2D eigenvalue weighted by Crippen LogP contribution is 2.38. The summed E-state index contributed by atoms with van der Waals surface area (Å²) in [7, 11) is 0. The number of hydrogen-bond acceptors (Lipinski definition) is 5. The summed E-state index contributed by atoms with van der Waals surface area (Å²) in [6.45, 7) is 1.12. The van der Waals surface area contributed by atoms with E-state index in [2.05, 4.69) is 6.07 Å². The van der Waals surface area contributed by atoms with Crippen LogP contribution in [-0.2, 0) is 0 Å². The molecule has 0 radical (unpaired) electrons. The molecule has 18 heavy (non-hydrogen) atoms. The van der Waals surface area contributed by atoms with Gasteiger partial charge in [0.2, 0.25) is 0 Å². The molecule has 1 aromatic carbocycles. The molecule has 2 heterocycles. The number of benzene rings is 1. The zero-order valence-corrected chi connectivity index (χ0v) is 10.3.